The summed E-state index contributed by atoms with van der Waals surface area (Å²) in [5.74, 6) is -3.06. The van der Waals surface area contributed by atoms with Gasteiger partial charge >= 0.3 is 0 Å². The fourth-order valence-electron chi connectivity index (χ4n) is 11.7. The zero-order valence-corrected chi connectivity index (χ0v) is 49.1. The third-order valence-electron chi connectivity index (χ3n) is 16.4. The van der Waals surface area contributed by atoms with Crippen LogP contribution in [0.5, 0.6) is 0 Å². The highest BCUT2D eigenvalue weighted by atomic mass is 16.8. The van der Waals surface area contributed by atoms with Crippen LogP contribution < -0.4 is 21.3 Å². The van der Waals surface area contributed by atoms with Crippen molar-refractivity contribution >= 4 is 23.6 Å². The summed E-state index contributed by atoms with van der Waals surface area (Å²) in [6.45, 7) is -1.24. The highest BCUT2D eigenvalue weighted by Gasteiger charge is 2.59. The van der Waals surface area contributed by atoms with Gasteiger partial charge in [-0.2, -0.15) is 0 Å². The number of aliphatic hydroxyl groups excluding tert-OH is 18. The molecule has 22 N–H and O–H groups in total. The first-order valence-corrected chi connectivity index (χ1v) is 28.9. The fraction of sp³-hybridized carbons (Fsp3) is 0.922. The van der Waals surface area contributed by atoms with Crippen LogP contribution in [-0.2, 0) is 80.8 Å². The van der Waals surface area contributed by atoms with Gasteiger partial charge in [0.1, 0.15) is 165 Å². The number of ether oxygens (including phenoxy) is 13. The smallest absolute Gasteiger partial charge is 0.217 e. The summed E-state index contributed by atoms with van der Waals surface area (Å²) in [5.41, 5.74) is 0. The van der Waals surface area contributed by atoms with Crippen molar-refractivity contribution in [1.82, 2.24) is 21.3 Å². The summed E-state index contributed by atoms with van der Waals surface area (Å²) in [7, 11) is 0. The number of nitrogens with one attached hydrogen (secondary N) is 4. The summed E-state index contributed by atoms with van der Waals surface area (Å²) in [6.07, 6.45) is -59.7. The van der Waals surface area contributed by atoms with Crippen molar-refractivity contribution < 1.29 is 173 Å². The van der Waals surface area contributed by atoms with E-state index in [-0.39, 0.29) is 0 Å². The zero-order chi connectivity index (χ0) is 66.5. The lowest BCUT2D eigenvalue weighted by Crippen LogP contribution is -2.70. The first-order chi connectivity index (χ1) is 42.5. The maximum Gasteiger partial charge on any atom is 0.217 e. The molecule has 0 unspecified atom stereocenters. The van der Waals surface area contributed by atoms with Crippen molar-refractivity contribution in [2.45, 2.75) is 249 Å². The van der Waals surface area contributed by atoms with Crippen molar-refractivity contribution in [3.63, 3.8) is 0 Å². The molecule has 7 saturated heterocycles. The molecule has 90 heavy (non-hydrogen) atoms. The normalized spacial score (nSPS) is 47.6. The predicted molar refractivity (Wildman–Crippen MR) is 282 cm³/mol. The second-order valence-corrected chi connectivity index (χ2v) is 22.9. The Morgan fingerprint density at radius 2 is 0.600 bits per heavy atom. The minimum Gasteiger partial charge on any atom is -0.394 e. The maximum absolute atomic E-state index is 12.8. The number of hydrogen-bond donors (Lipinski definition) is 22. The van der Waals surface area contributed by atoms with E-state index in [1.165, 1.54) is 6.92 Å². The Kier molecular flexibility index (Phi) is 26.6. The first kappa shape index (κ1) is 74.0. The van der Waals surface area contributed by atoms with E-state index in [9.17, 15) is 111 Å². The largest absolute Gasteiger partial charge is 0.394 e. The second kappa shape index (κ2) is 32.4. The monoisotopic (exact) mass is 1310 g/mol. The van der Waals surface area contributed by atoms with E-state index in [1.807, 2.05) is 0 Å². The molecule has 0 aromatic heterocycles. The minimum absolute atomic E-state index is 0.591. The van der Waals surface area contributed by atoms with Gasteiger partial charge < -0.3 is 175 Å². The van der Waals surface area contributed by atoms with E-state index in [4.69, 9.17) is 61.6 Å². The van der Waals surface area contributed by atoms with Crippen LogP contribution in [0, 0.1) is 0 Å². The summed E-state index contributed by atoms with van der Waals surface area (Å²) in [6, 6.07) is -6.32. The quantitative estimate of drug-likeness (QED) is 0.0452. The molecule has 4 amide bonds. The highest BCUT2D eigenvalue weighted by molar-refractivity contribution is 5.74. The Bertz CT molecular complexity index is 2310. The molecule has 7 aliphatic heterocycles. The molecule has 0 aromatic rings. The topological polar surface area (TPSA) is 601 Å². The molecule has 7 rings (SSSR count). The van der Waals surface area contributed by atoms with Crippen LogP contribution >= 0.6 is 0 Å². The van der Waals surface area contributed by atoms with E-state index < -0.39 is 284 Å². The third-order valence-corrected chi connectivity index (χ3v) is 16.4. The summed E-state index contributed by atoms with van der Waals surface area (Å²) in [4.78, 5) is 49.7. The van der Waals surface area contributed by atoms with Crippen molar-refractivity contribution in [2.75, 3.05) is 46.2 Å². The highest BCUT2D eigenvalue weighted by Crippen LogP contribution is 2.38. The molecular formula is C51H86N4O35. The van der Waals surface area contributed by atoms with Gasteiger partial charge in [0.2, 0.25) is 23.6 Å². The summed E-state index contributed by atoms with van der Waals surface area (Å²) in [5, 5.41) is 209. The van der Waals surface area contributed by atoms with Gasteiger partial charge in [-0.15, -0.1) is 0 Å². The third kappa shape index (κ3) is 16.5. The molecule has 0 saturated carbocycles. The average molecular weight is 1320 g/mol. The standard InChI is InChI=1S/C51H86N4O35/c1-13-25(52-14(2)62)36(73)41(22(10-60)79-13)86-48-28(55-17(5)65)37(74)42(23(11-61)84-48)87-49-40(77)43(88-51-45(39(76)32(69)21(9-59)83-51)90-47-27(54-16(4)64)35(72)30(67)19(7-57)81-47)33(70)24(85-49)12-78-50-44(38(75)31(68)20(8-58)82-50)89-46-26(53-15(3)63)34(71)29(66)18(6-56)80-46/h13,18-51,56-61,66-77H,6-12H2,1-5H3,(H,52,62)(H,53,63)(H,54,64)(H,55,65)/t13-,18+,19+,20+,21+,22+,23+,24+,25-,26+,27+,28+,29+,30+,31+,32+,33+,34+,35+,36+,37+,38-,39-,40-,41+,42+,43-,44-,45-,46-,47-,48-,49-,50-,51+/m0/s1. The molecule has 520 valence electrons. The maximum atomic E-state index is 12.8. The zero-order valence-electron chi connectivity index (χ0n) is 49.1. The van der Waals surface area contributed by atoms with E-state index in [0.717, 1.165) is 27.7 Å². The predicted octanol–water partition coefficient (Wildman–Crippen LogP) is -14.6. The number of aliphatic hydroxyl groups is 18. The molecule has 0 bridgehead atoms. The van der Waals surface area contributed by atoms with Gasteiger partial charge in [0.15, 0.2) is 37.7 Å². The number of hydrogen-bond acceptors (Lipinski definition) is 35. The lowest BCUT2D eigenvalue weighted by atomic mass is 9.92. The second-order valence-electron chi connectivity index (χ2n) is 22.9. The number of carbonyl (C=O) groups is 4. The molecule has 35 atom stereocenters. The van der Waals surface area contributed by atoms with Crippen LogP contribution in [0.1, 0.15) is 34.6 Å². The van der Waals surface area contributed by atoms with E-state index in [0.29, 0.717) is 0 Å². The molecule has 0 spiro atoms. The molecule has 39 nitrogen and oxygen atoms in total. The number of carbonyl (C=O) groups excluding carboxylic acids is 4. The molecule has 7 fully saturated rings. The van der Waals surface area contributed by atoms with Crippen LogP contribution in [0.15, 0.2) is 0 Å². The van der Waals surface area contributed by atoms with Crippen molar-refractivity contribution in [3.05, 3.63) is 0 Å². The van der Waals surface area contributed by atoms with E-state index in [2.05, 4.69) is 21.3 Å². The Labute approximate surface area is 512 Å². The molecular weight excluding hydrogens is 1230 g/mol. The molecule has 39 heteroatoms. The van der Waals surface area contributed by atoms with Gasteiger partial charge in [-0.1, -0.05) is 0 Å². The van der Waals surface area contributed by atoms with E-state index >= 15 is 0 Å². The molecule has 0 radical (unpaired) electrons. The first-order valence-electron chi connectivity index (χ1n) is 28.9. The summed E-state index contributed by atoms with van der Waals surface area (Å²) >= 11 is 0. The van der Waals surface area contributed by atoms with Crippen molar-refractivity contribution in [3.8, 4) is 0 Å². The lowest BCUT2D eigenvalue weighted by Gasteiger charge is -2.51. The van der Waals surface area contributed by atoms with Gasteiger partial charge in [0.25, 0.3) is 0 Å². The Morgan fingerprint density at radius 3 is 1.02 bits per heavy atom. The average Bonchev–Trinajstić information content (AvgIpc) is 1.12. The van der Waals surface area contributed by atoms with Crippen molar-refractivity contribution in [2.24, 2.45) is 0 Å². The van der Waals surface area contributed by atoms with Crippen LogP contribution in [-0.4, -0.2) is 376 Å². The molecule has 0 aromatic carbocycles. The Morgan fingerprint density at radius 1 is 0.300 bits per heavy atom. The van der Waals surface area contributed by atoms with Gasteiger partial charge in [-0.3, -0.25) is 19.2 Å². The van der Waals surface area contributed by atoms with Crippen LogP contribution in [0.4, 0.5) is 0 Å². The number of amides is 4. The SMILES string of the molecule is CC(=O)N[C@@H]1[C@@H](O)[C@H](O[C@@H]2O[C@H](CO)[C@@H](O[C@@H]3O[C@H](CO[C@H]4O[C@H](CO)[C@@H](O)[C@H](O)[C@@H]4O[C@@H]4O[C@H](CO)[C@@H](O)[C@H](O)[C@H]4NC(C)=O)[C@@H](O)[C@H](O[C@H]4O[C@H](CO)[C@@H](O)[C@H](O)[C@@H]4O[C@@H]4O[C@H](CO)[C@@H](O)[C@H](O)[C@H]4NC(C)=O)[C@@H]3O)[C@H](O)[C@H]2NC(C)=O)[C@@H](CO)O[C@H]1C. The van der Waals surface area contributed by atoms with E-state index in [1.54, 1.807) is 0 Å². The molecule has 7 heterocycles. The molecule has 7 aliphatic rings. The number of rotatable bonds is 23. The van der Waals surface area contributed by atoms with Gasteiger partial charge in [-0.05, 0) is 6.92 Å². The van der Waals surface area contributed by atoms with Crippen molar-refractivity contribution in [1.29, 1.82) is 0 Å². The Balaban J connectivity index is 1.25. The minimum atomic E-state index is -2.42. The van der Waals surface area contributed by atoms with Crippen LogP contribution in [0.3, 0.4) is 0 Å². The fourth-order valence-corrected chi connectivity index (χ4v) is 11.7. The Hall–Kier alpha value is -3.36. The lowest BCUT2D eigenvalue weighted by molar-refractivity contribution is -0.395. The van der Waals surface area contributed by atoms with Gasteiger partial charge in [0.05, 0.1) is 58.4 Å². The molecule has 0 aliphatic carbocycles. The summed E-state index contributed by atoms with van der Waals surface area (Å²) < 4.78 is 77.4. The van der Waals surface area contributed by atoms with Gasteiger partial charge in [-0.25, -0.2) is 0 Å². The van der Waals surface area contributed by atoms with Gasteiger partial charge in [0, 0.05) is 27.7 Å². The van der Waals surface area contributed by atoms with Crippen LogP contribution in [0.2, 0.25) is 0 Å². The van der Waals surface area contributed by atoms with Crippen LogP contribution in [0.25, 0.3) is 0 Å².